The van der Waals surface area contributed by atoms with Gasteiger partial charge in [-0.05, 0) is 12.3 Å². The fraction of sp³-hybridized carbons (Fsp3) is 0.667. The van der Waals surface area contributed by atoms with Gasteiger partial charge in [0, 0.05) is 26.2 Å². The van der Waals surface area contributed by atoms with Crippen LogP contribution in [-0.4, -0.2) is 30.6 Å². The molecule has 4 nitrogen and oxygen atoms in total. The van der Waals surface area contributed by atoms with E-state index < -0.39 is 0 Å². The smallest absolute Gasteiger partial charge is 0.136 e. The van der Waals surface area contributed by atoms with Crippen molar-refractivity contribution in [2.75, 3.05) is 30.9 Å². The lowest BCUT2D eigenvalue weighted by Gasteiger charge is -2.28. The van der Waals surface area contributed by atoms with Gasteiger partial charge in [-0.3, -0.25) is 0 Å². The molecule has 1 rings (SSSR count). The van der Waals surface area contributed by atoms with Crippen LogP contribution in [0.3, 0.4) is 0 Å². The number of anilines is 2. The fourth-order valence-corrected chi connectivity index (χ4v) is 1.86. The third kappa shape index (κ3) is 3.08. The molecule has 1 aromatic rings. The van der Waals surface area contributed by atoms with Gasteiger partial charge < -0.3 is 10.2 Å². The molecule has 0 saturated carbocycles. The van der Waals surface area contributed by atoms with Crippen LogP contribution in [0.2, 0.25) is 0 Å². The van der Waals surface area contributed by atoms with Gasteiger partial charge >= 0.3 is 0 Å². The lowest BCUT2D eigenvalue weighted by Crippen LogP contribution is -2.30. The van der Waals surface area contributed by atoms with Crippen LogP contribution in [-0.2, 0) is 0 Å². The Kier molecular flexibility index (Phi) is 3.73. The second-order valence-corrected chi connectivity index (χ2v) is 5.34. The first kappa shape index (κ1) is 12.7. The molecule has 0 bridgehead atoms. The molecule has 0 fully saturated rings. The standard InChI is InChI=1S/C12H22N4/c1-9-10(13-5)14-8-15-11(9)16(6)7-12(2,3)4/h8H,7H2,1-6H3,(H,13,14,15). The molecule has 4 heteroatoms. The molecule has 1 N–H and O–H groups in total. The van der Waals surface area contributed by atoms with Gasteiger partial charge in [0.2, 0.25) is 0 Å². The van der Waals surface area contributed by atoms with Crippen molar-refractivity contribution in [3.05, 3.63) is 11.9 Å². The summed E-state index contributed by atoms with van der Waals surface area (Å²) in [7, 11) is 3.95. The van der Waals surface area contributed by atoms with Gasteiger partial charge in [-0.2, -0.15) is 0 Å². The zero-order chi connectivity index (χ0) is 12.3. The highest BCUT2D eigenvalue weighted by molar-refractivity contribution is 5.57. The Bertz CT molecular complexity index is 355. The van der Waals surface area contributed by atoms with Crippen LogP contribution in [0.1, 0.15) is 26.3 Å². The van der Waals surface area contributed by atoms with Gasteiger partial charge in [0.15, 0.2) is 0 Å². The molecular weight excluding hydrogens is 200 g/mol. The molecule has 1 aromatic heterocycles. The van der Waals surface area contributed by atoms with Crippen molar-refractivity contribution in [1.82, 2.24) is 9.97 Å². The van der Waals surface area contributed by atoms with Gasteiger partial charge in [-0.25, -0.2) is 9.97 Å². The summed E-state index contributed by atoms with van der Waals surface area (Å²) in [6.45, 7) is 9.67. The summed E-state index contributed by atoms with van der Waals surface area (Å²) in [6.07, 6.45) is 1.60. The van der Waals surface area contributed by atoms with Gasteiger partial charge in [-0.15, -0.1) is 0 Å². The average Bonchev–Trinajstić information content (AvgIpc) is 2.15. The summed E-state index contributed by atoms with van der Waals surface area (Å²) >= 11 is 0. The Labute approximate surface area is 98.1 Å². The molecule has 0 aliphatic heterocycles. The minimum atomic E-state index is 0.256. The van der Waals surface area contributed by atoms with Crippen LogP contribution in [0, 0.1) is 12.3 Å². The summed E-state index contributed by atoms with van der Waals surface area (Å²) in [5.41, 5.74) is 1.35. The van der Waals surface area contributed by atoms with Crippen molar-refractivity contribution >= 4 is 11.6 Å². The maximum Gasteiger partial charge on any atom is 0.136 e. The molecule has 0 amide bonds. The summed E-state index contributed by atoms with van der Waals surface area (Å²) < 4.78 is 0. The normalized spacial score (nSPS) is 11.4. The second kappa shape index (κ2) is 4.68. The van der Waals surface area contributed by atoms with Crippen LogP contribution in [0.15, 0.2) is 6.33 Å². The highest BCUT2D eigenvalue weighted by Gasteiger charge is 2.17. The summed E-state index contributed by atoms with van der Waals surface area (Å²) in [5, 5.41) is 3.08. The van der Waals surface area contributed by atoms with E-state index in [4.69, 9.17) is 0 Å². The monoisotopic (exact) mass is 222 g/mol. The maximum absolute atomic E-state index is 4.35. The number of hydrogen-bond acceptors (Lipinski definition) is 4. The number of aromatic nitrogens is 2. The highest BCUT2D eigenvalue weighted by Crippen LogP contribution is 2.24. The molecule has 0 unspecified atom stereocenters. The maximum atomic E-state index is 4.35. The molecule has 16 heavy (non-hydrogen) atoms. The van der Waals surface area contributed by atoms with E-state index in [0.717, 1.165) is 23.7 Å². The lowest BCUT2D eigenvalue weighted by molar-refractivity contribution is 0.417. The van der Waals surface area contributed by atoms with E-state index in [0.29, 0.717) is 0 Å². The Morgan fingerprint density at radius 1 is 1.31 bits per heavy atom. The number of rotatable bonds is 3. The van der Waals surface area contributed by atoms with E-state index in [1.54, 1.807) is 6.33 Å². The third-order valence-corrected chi connectivity index (χ3v) is 2.37. The predicted molar refractivity (Wildman–Crippen MR) is 69.0 cm³/mol. The highest BCUT2D eigenvalue weighted by atomic mass is 15.2. The van der Waals surface area contributed by atoms with E-state index in [9.17, 15) is 0 Å². The zero-order valence-corrected chi connectivity index (χ0v) is 11.1. The van der Waals surface area contributed by atoms with E-state index in [-0.39, 0.29) is 5.41 Å². The Morgan fingerprint density at radius 3 is 2.44 bits per heavy atom. The Morgan fingerprint density at radius 2 is 1.94 bits per heavy atom. The lowest BCUT2D eigenvalue weighted by atomic mass is 9.96. The topological polar surface area (TPSA) is 41.1 Å². The molecule has 0 aromatic carbocycles. The molecule has 0 radical (unpaired) electrons. The molecule has 0 atom stereocenters. The van der Waals surface area contributed by atoms with Crippen molar-refractivity contribution in [2.24, 2.45) is 5.41 Å². The average molecular weight is 222 g/mol. The zero-order valence-electron chi connectivity index (χ0n) is 11.1. The molecule has 0 spiro atoms. The molecule has 90 valence electrons. The molecule has 0 aliphatic rings. The van der Waals surface area contributed by atoms with Crippen LogP contribution in [0.25, 0.3) is 0 Å². The van der Waals surface area contributed by atoms with Crippen molar-refractivity contribution in [3.63, 3.8) is 0 Å². The van der Waals surface area contributed by atoms with Crippen molar-refractivity contribution in [1.29, 1.82) is 0 Å². The van der Waals surface area contributed by atoms with Gasteiger partial charge in [0.05, 0.1) is 0 Å². The van der Waals surface area contributed by atoms with E-state index in [1.807, 2.05) is 14.0 Å². The summed E-state index contributed by atoms with van der Waals surface area (Å²) in [5.74, 6) is 1.89. The first-order valence-corrected chi connectivity index (χ1v) is 5.55. The SMILES string of the molecule is CNc1ncnc(N(C)CC(C)(C)C)c1C. The number of nitrogens with zero attached hydrogens (tertiary/aromatic N) is 3. The van der Waals surface area contributed by atoms with Crippen LogP contribution in [0.5, 0.6) is 0 Å². The van der Waals surface area contributed by atoms with Crippen molar-refractivity contribution < 1.29 is 0 Å². The van der Waals surface area contributed by atoms with E-state index >= 15 is 0 Å². The summed E-state index contributed by atoms with van der Waals surface area (Å²) in [4.78, 5) is 10.7. The Balaban J connectivity index is 2.95. The van der Waals surface area contributed by atoms with Gasteiger partial charge in [-0.1, -0.05) is 20.8 Å². The van der Waals surface area contributed by atoms with Crippen LogP contribution >= 0.6 is 0 Å². The number of hydrogen-bond donors (Lipinski definition) is 1. The van der Waals surface area contributed by atoms with Gasteiger partial charge in [0.1, 0.15) is 18.0 Å². The third-order valence-electron chi connectivity index (χ3n) is 2.37. The largest absolute Gasteiger partial charge is 0.373 e. The molecule has 0 aliphatic carbocycles. The predicted octanol–water partition coefficient (Wildman–Crippen LogP) is 2.31. The van der Waals surface area contributed by atoms with Crippen molar-refractivity contribution in [3.8, 4) is 0 Å². The molecule has 0 saturated heterocycles. The fourth-order valence-electron chi connectivity index (χ4n) is 1.86. The van der Waals surface area contributed by atoms with Crippen molar-refractivity contribution in [2.45, 2.75) is 27.7 Å². The second-order valence-electron chi connectivity index (χ2n) is 5.34. The molecular formula is C12H22N4. The first-order valence-electron chi connectivity index (χ1n) is 5.55. The van der Waals surface area contributed by atoms with E-state index in [2.05, 4.69) is 48.0 Å². The Hall–Kier alpha value is -1.32. The first-order chi connectivity index (χ1) is 7.35. The van der Waals surface area contributed by atoms with Crippen LogP contribution in [0.4, 0.5) is 11.6 Å². The molecule has 1 heterocycles. The van der Waals surface area contributed by atoms with E-state index in [1.165, 1.54) is 0 Å². The van der Waals surface area contributed by atoms with Gasteiger partial charge in [0.25, 0.3) is 0 Å². The number of nitrogens with one attached hydrogen (secondary N) is 1. The minimum Gasteiger partial charge on any atom is -0.373 e. The van der Waals surface area contributed by atoms with Crippen LogP contribution < -0.4 is 10.2 Å². The quantitative estimate of drug-likeness (QED) is 0.852. The minimum absolute atomic E-state index is 0.256. The summed E-state index contributed by atoms with van der Waals surface area (Å²) in [6, 6.07) is 0.